The highest BCUT2D eigenvalue weighted by Crippen LogP contribution is 2.58. The molecule has 4 bridgehead atoms. The number of phenols is 15. The Balaban J connectivity index is 1.42. The lowest BCUT2D eigenvalue weighted by molar-refractivity contribution is -0.154. The number of hydrogen-bond acceptors (Lipinski definition) is 26. The van der Waals surface area contributed by atoms with Crippen LogP contribution < -0.4 is 0 Å². The molecule has 5 aromatic rings. The first-order chi connectivity index (χ1) is 31.5. The molecule has 0 saturated carbocycles. The Labute approximate surface area is 368 Å². The summed E-state index contributed by atoms with van der Waals surface area (Å²) >= 11 is 0. The van der Waals surface area contributed by atoms with Crippen molar-refractivity contribution in [2.75, 3.05) is 6.61 Å². The third kappa shape index (κ3) is 6.57. The predicted octanol–water partition coefficient (Wildman–Crippen LogP) is 1.34. The van der Waals surface area contributed by atoms with Crippen LogP contribution in [0.5, 0.6) is 86.2 Å². The SMILES string of the molecule is O=C(OC1COC(=O)c2cc(O)c(O)c(O)c2-c2c(cc(O)c(O)c2O)C(=O)O[C@@H]1C1OC(=O)c2cc(O)c(O)c(O)c2-c2c(O)c(O)c(O)c3c2C(=O)O[C@H]1[C@H]3O)c1cc(O)c(O)c(O)c1. The van der Waals surface area contributed by atoms with E-state index in [1.807, 2.05) is 0 Å². The fourth-order valence-electron chi connectivity index (χ4n) is 7.72. The molecule has 16 N–H and O–H groups in total. The molecule has 348 valence electrons. The first-order valence-electron chi connectivity index (χ1n) is 18.6. The number of ether oxygens (including phenoxy) is 5. The Kier molecular flexibility index (Phi) is 10.1. The van der Waals surface area contributed by atoms with Crippen molar-refractivity contribution in [2.24, 2.45) is 0 Å². The number of aliphatic hydroxyl groups is 1. The third-order valence-electron chi connectivity index (χ3n) is 10.9. The second-order valence-corrected chi connectivity index (χ2v) is 14.7. The van der Waals surface area contributed by atoms with Crippen LogP contribution >= 0.6 is 0 Å². The average Bonchev–Trinajstić information content (AvgIpc) is 3.29. The minimum Gasteiger partial charge on any atom is -0.504 e. The number of carbonyl (C=O) groups excluding carboxylic acids is 5. The molecule has 0 aromatic heterocycles. The van der Waals surface area contributed by atoms with Gasteiger partial charge >= 0.3 is 29.8 Å². The number of benzene rings is 5. The molecule has 5 aromatic carbocycles. The van der Waals surface area contributed by atoms with Gasteiger partial charge in [-0.05, 0) is 30.3 Å². The predicted molar refractivity (Wildman–Crippen MR) is 207 cm³/mol. The topological polar surface area (TPSA) is 455 Å². The zero-order valence-electron chi connectivity index (χ0n) is 32.7. The van der Waals surface area contributed by atoms with E-state index in [1.165, 1.54) is 0 Å². The van der Waals surface area contributed by atoms with Gasteiger partial charge in [-0.3, -0.25) is 0 Å². The summed E-state index contributed by atoms with van der Waals surface area (Å²) in [6.45, 7) is -1.50. The Morgan fingerprint density at radius 1 is 0.433 bits per heavy atom. The zero-order valence-corrected chi connectivity index (χ0v) is 32.7. The molecular formula is C41H28O26. The first kappa shape index (κ1) is 44.0. The Morgan fingerprint density at radius 3 is 1.33 bits per heavy atom. The minimum atomic E-state index is -2.79. The van der Waals surface area contributed by atoms with Gasteiger partial charge in [0.15, 0.2) is 87.7 Å². The largest absolute Gasteiger partial charge is 0.504 e. The molecular weight excluding hydrogens is 908 g/mol. The van der Waals surface area contributed by atoms with E-state index in [0.717, 1.165) is 0 Å². The second-order valence-electron chi connectivity index (χ2n) is 14.7. The van der Waals surface area contributed by atoms with Crippen molar-refractivity contribution in [2.45, 2.75) is 30.5 Å². The molecule has 26 heteroatoms. The van der Waals surface area contributed by atoms with Crippen LogP contribution in [0.3, 0.4) is 0 Å². The summed E-state index contributed by atoms with van der Waals surface area (Å²) in [5, 5.41) is 172. The number of hydrogen-bond donors (Lipinski definition) is 16. The van der Waals surface area contributed by atoms with Crippen molar-refractivity contribution in [3.63, 3.8) is 0 Å². The second kappa shape index (κ2) is 15.3. The normalized spacial score (nSPS) is 19.9. The van der Waals surface area contributed by atoms with Crippen LogP contribution in [0.25, 0.3) is 22.3 Å². The van der Waals surface area contributed by atoms with Crippen LogP contribution in [0.2, 0.25) is 0 Å². The maximum Gasteiger partial charge on any atom is 0.339 e. The van der Waals surface area contributed by atoms with Gasteiger partial charge in [0.05, 0.1) is 27.8 Å². The van der Waals surface area contributed by atoms with Gasteiger partial charge in [-0.15, -0.1) is 0 Å². The van der Waals surface area contributed by atoms with E-state index in [0.29, 0.717) is 30.3 Å². The number of phenolic OH excluding ortho intramolecular Hbond substituents is 15. The van der Waals surface area contributed by atoms with Crippen LogP contribution in [0.4, 0.5) is 0 Å². The van der Waals surface area contributed by atoms with Gasteiger partial charge in [0, 0.05) is 27.8 Å². The molecule has 2 unspecified atom stereocenters. The molecule has 0 amide bonds. The van der Waals surface area contributed by atoms with Crippen LogP contribution in [0, 0.1) is 0 Å². The van der Waals surface area contributed by atoms with E-state index >= 15 is 0 Å². The molecule has 4 aliphatic rings. The lowest BCUT2D eigenvalue weighted by Gasteiger charge is -2.40. The van der Waals surface area contributed by atoms with E-state index in [2.05, 4.69) is 0 Å². The number of aromatic hydroxyl groups is 15. The summed E-state index contributed by atoms with van der Waals surface area (Å²) in [7, 11) is 0. The number of esters is 5. The van der Waals surface area contributed by atoms with Crippen molar-refractivity contribution in [3.05, 3.63) is 63.7 Å². The van der Waals surface area contributed by atoms with Crippen molar-refractivity contribution in [1.29, 1.82) is 0 Å². The van der Waals surface area contributed by atoms with Gasteiger partial charge in [-0.2, -0.15) is 0 Å². The minimum absolute atomic E-state index is 0.331. The lowest BCUT2D eigenvalue weighted by atomic mass is 9.82. The Bertz CT molecular complexity index is 3060. The maximum atomic E-state index is 14.6. The number of rotatable bonds is 3. The summed E-state index contributed by atoms with van der Waals surface area (Å²) < 4.78 is 27.6. The summed E-state index contributed by atoms with van der Waals surface area (Å²) in [4.78, 5) is 70.9. The monoisotopic (exact) mass is 936 g/mol. The number of cyclic esters (lactones) is 2. The highest BCUT2D eigenvalue weighted by Gasteiger charge is 2.54. The van der Waals surface area contributed by atoms with Gasteiger partial charge < -0.3 is 105 Å². The summed E-state index contributed by atoms with van der Waals surface area (Å²) in [6.07, 6.45) is -13.4. The molecule has 4 heterocycles. The smallest absolute Gasteiger partial charge is 0.339 e. The van der Waals surface area contributed by atoms with E-state index in [4.69, 9.17) is 23.7 Å². The van der Waals surface area contributed by atoms with E-state index in [1.54, 1.807) is 0 Å². The van der Waals surface area contributed by atoms with Crippen LogP contribution in [0.15, 0.2) is 30.3 Å². The van der Waals surface area contributed by atoms with Crippen molar-refractivity contribution in [3.8, 4) is 108 Å². The molecule has 0 radical (unpaired) electrons. The van der Waals surface area contributed by atoms with E-state index < -0.39 is 209 Å². The molecule has 26 nitrogen and oxygen atoms in total. The maximum absolute atomic E-state index is 14.6. The summed E-state index contributed by atoms with van der Waals surface area (Å²) in [6, 6.07) is 2.15. The van der Waals surface area contributed by atoms with Crippen molar-refractivity contribution in [1.82, 2.24) is 0 Å². The van der Waals surface area contributed by atoms with Gasteiger partial charge in [0.1, 0.15) is 12.7 Å². The lowest BCUT2D eigenvalue weighted by Crippen LogP contribution is -2.56. The average molecular weight is 937 g/mol. The quantitative estimate of drug-likeness (QED) is 0.0689. The number of aliphatic hydroxyl groups excluding tert-OH is 1. The third-order valence-corrected chi connectivity index (χ3v) is 10.9. The first-order valence-corrected chi connectivity index (χ1v) is 18.6. The molecule has 0 aliphatic carbocycles. The van der Waals surface area contributed by atoms with E-state index in [-0.39, 0.29) is 0 Å². The van der Waals surface area contributed by atoms with Gasteiger partial charge in [0.25, 0.3) is 0 Å². The van der Waals surface area contributed by atoms with Gasteiger partial charge in [0.2, 0.25) is 23.0 Å². The van der Waals surface area contributed by atoms with Crippen LogP contribution in [-0.2, 0) is 23.7 Å². The Hall–Kier alpha value is -9.59. The summed E-state index contributed by atoms with van der Waals surface area (Å²) in [5.74, 6) is -29.6. The highest BCUT2D eigenvalue weighted by atomic mass is 16.6. The standard InChI is InChI=1S/C41H28O26/c42-11-1-7(2-12(43)23(11)47)37(58)64-16-6-63-38(59)8-3-13(44)24(48)27(51)17(8)18-9(4-14(45)25(49)28(18)52)39(60)65-34(16)36-35-32(56)22-21(41(62)66-35)20(30(54)33(57)31(22)55)19-10(40(61)67-36)5-15(46)26(50)29(19)53/h1-5,16,32,34-36,42-57H,6H2/t16?,32-,34-,35-,36?/m0/s1. The van der Waals surface area contributed by atoms with Crippen LogP contribution in [0.1, 0.15) is 63.5 Å². The van der Waals surface area contributed by atoms with E-state index in [9.17, 15) is 106 Å². The van der Waals surface area contributed by atoms with Crippen molar-refractivity contribution < 1.29 is 129 Å². The van der Waals surface area contributed by atoms with Crippen LogP contribution in [-0.4, -0.2) is 143 Å². The number of fused-ring (bicyclic) bond motifs is 6. The fourth-order valence-corrected chi connectivity index (χ4v) is 7.72. The molecule has 5 atom stereocenters. The van der Waals surface area contributed by atoms with Gasteiger partial charge in [-0.25, -0.2) is 24.0 Å². The van der Waals surface area contributed by atoms with Gasteiger partial charge in [-0.1, -0.05) is 0 Å². The fraction of sp³-hybridized carbons (Fsp3) is 0.146. The Morgan fingerprint density at radius 2 is 0.836 bits per heavy atom. The molecule has 0 spiro atoms. The molecule has 0 fully saturated rings. The number of carbonyl (C=O) groups is 5. The summed E-state index contributed by atoms with van der Waals surface area (Å²) in [5.41, 5.74) is -11.0. The molecule has 0 saturated heterocycles. The molecule has 9 rings (SSSR count). The highest BCUT2D eigenvalue weighted by molar-refractivity contribution is 6.11. The molecule has 4 aliphatic heterocycles. The zero-order chi connectivity index (χ0) is 49.0. The van der Waals surface area contributed by atoms with Crippen molar-refractivity contribution >= 4 is 29.8 Å². The molecule has 67 heavy (non-hydrogen) atoms.